The van der Waals surface area contributed by atoms with E-state index >= 15 is 0 Å². The van der Waals surface area contributed by atoms with Crippen molar-refractivity contribution in [2.24, 2.45) is 0 Å². The largest absolute Gasteiger partial charge is 0.486 e. The molecule has 5 heteroatoms. The first-order chi connectivity index (χ1) is 9.74. The summed E-state index contributed by atoms with van der Waals surface area (Å²) in [6.45, 7) is 3.27. The Bertz CT molecular complexity index is 592. The van der Waals surface area contributed by atoms with Crippen LogP contribution in [0.1, 0.15) is 13.3 Å². The number of fused-ring (bicyclic) bond motifs is 2. The first-order valence-corrected chi connectivity index (χ1v) is 6.69. The molecule has 1 aromatic carbocycles. The number of benzene rings is 1. The van der Waals surface area contributed by atoms with Crippen LogP contribution in [0.25, 0.3) is 0 Å². The van der Waals surface area contributed by atoms with Crippen LogP contribution < -0.4 is 19.7 Å². The Morgan fingerprint density at radius 1 is 1.40 bits per heavy atom. The number of nitrogens with zero attached hydrogens (tertiary/aromatic N) is 1. The van der Waals surface area contributed by atoms with Gasteiger partial charge in [0.1, 0.15) is 19.3 Å². The molecule has 0 bridgehead atoms. The van der Waals surface area contributed by atoms with Crippen LogP contribution in [0.15, 0.2) is 12.1 Å². The first kappa shape index (κ1) is 12.7. The minimum Gasteiger partial charge on any atom is -0.486 e. The predicted molar refractivity (Wildman–Crippen MR) is 76.3 cm³/mol. The van der Waals surface area contributed by atoms with Gasteiger partial charge in [0.2, 0.25) is 5.91 Å². The molecule has 0 saturated carbocycles. The second kappa shape index (κ2) is 4.97. The van der Waals surface area contributed by atoms with Gasteiger partial charge in [0.25, 0.3) is 0 Å². The van der Waals surface area contributed by atoms with Gasteiger partial charge in [-0.2, -0.15) is 0 Å². The summed E-state index contributed by atoms with van der Waals surface area (Å²) in [5.41, 5.74) is 1.61. The molecule has 1 atom stereocenters. The summed E-state index contributed by atoms with van der Waals surface area (Å²) in [4.78, 5) is 14.0. The van der Waals surface area contributed by atoms with Gasteiger partial charge in [-0.15, -0.1) is 6.42 Å². The third kappa shape index (κ3) is 1.94. The second-order valence-electron chi connectivity index (χ2n) is 4.75. The molecular formula is C15H16N2O3. The third-order valence-electron chi connectivity index (χ3n) is 3.50. The summed E-state index contributed by atoms with van der Waals surface area (Å²) < 4.78 is 11.1. The highest BCUT2D eigenvalue weighted by molar-refractivity contribution is 6.05. The fourth-order valence-electron chi connectivity index (χ4n) is 2.50. The van der Waals surface area contributed by atoms with Crippen LogP contribution in [-0.2, 0) is 4.79 Å². The van der Waals surface area contributed by atoms with Gasteiger partial charge < -0.3 is 14.8 Å². The van der Waals surface area contributed by atoms with E-state index in [4.69, 9.17) is 15.9 Å². The standard InChI is InChI=1S/C15H16N2O3/c1-3-5-17-12-9-14-13(19-6-7-20-14)8-11(12)16-10(4-2)15(17)18/h1,8-10,16H,4-7H2,2H3. The van der Waals surface area contributed by atoms with Crippen molar-refractivity contribution in [1.82, 2.24) is 0 Å². The zero-order valence-electron chi connectivity index (χ0n) is 11.3. The summed E-state index contributed by atoms with van der Waals surface area (Å²) in [5.74, 6) is 3.89. The van der Waals surface area contributed by atoms with Crippen LogP contribution in [0.3, 0.4) is 0 Å². The van der Waals surface area contributed by atoms with E-state index in [1.54, 1.807) is 4.90 Å². The smallest absolute Gasteiger partial charge is 0.250 e. The zero-order valence-corrected chi connectivity index (χ0v) is 11.3. The number of amides is 1. The number of hydrogen-bond acceptors (Lipinski definition) is 4. The number of carbonyl (C=O) groups is 1. The maximum atomic E-state index is 12.4. The molecule has 1 amide bonds. The zero-order chi connectivity index (χ0) is 14.1. The van der Waals surface area contributed by atoms with Crippen LogP contribution in [0.2, 0.25) is 0 Å². The number of carbonyl (C=O) groups excluding carboxylic acids is 1. The van der Waals surface area contributed by atoms with Crippen molar-refractivity contribution in [3.8, 4) is 23.8 Å². The number of hydrogen-bond donors (Lipinski definition) is 1. The van der Waals surface area contributed by atoms with Gasteiger partial charge in [-0.3, -0.25) is 9.69 Å². The fraction of sp³-hybridized carbons (Fsp3) is 0.400. The minimum absolute atomic E-state index is 0.00497. The number of anilines is 2. The van der Waals surface area contributed by atoms with Gasteiger partial charge in [-0.1, -0.05) is 12.8 Å². The molecule has 1 N–H and O–H groups in total. The summed E-state index contributed by atoms with van der Waals surface area (Å²) in [5, 5.41) is 3.24. The molecule has 5 nitrogen and oxygen atoms in total. The molecule has 0 fully saturated rings. The maximum absolute atomic E-state index is 12.4. The first-order valence-electron chi connectivity index (χ1n) is 6.69. The van der Waals surface area contributed by atoms with Crippen molar-refractivity contribution in [2.75, 3.05) is 30.0 Å². The van der Waals surface area contributed by atoms with Crippen LogP contribution in [0.4, 0.5) is 11.4 Å². The molecule has 20 heavy (non-hydrogen) atoms. The summed E-state index contributed by atoms with van der Waals surface area (Å²) in [6.07, 6.45) is 6.09. The minimum atomic E-state index is -0.251. The van der Waals surface area contributed by atoms with Crippen LogP contribution in [-0.4, -0.2) is 31.7 Å². The van der Waals surface area contributed by atoms with Gasteiger partial charge >= 0.3 is 0 Å². The van der Waals surface area contributed by atoms with Gasteiger partial charge in [0.05, 0.1) is 17.9 Å². The molecule has 0 aromatic heterocycles. The molecule has 0 radical (unpaired) electrons. The molecule has 0 saturated heterocycles. The Hall–Kier alpha value is -2.35. The van der Waals surface area contributed by atoms with Crippen molar-refractivity contribution in [3.05, 3.63) is 12.1 Å². The highest BCUT2D eigenvalue weighted by Crippen LogP contribution is 2.42. The highest BCUT2D eigenvalue weighted by atomic mass is 16.6. The number of rotatable bonds is 2. The average Bonchev–Trinajstić information content (AvgIpc) is 2.48. The van der Waals surface area contributed by atoms with Crippen molar-refractivity contribution < 1.29 is 14.3 Å². The van der Waals surface area contributed by atoms with Gasteiger partial charge in [0, 0.05) is 12.1 Å². The van der Waals surface area contributed by atoms with Crippen LogP contribution >= 0.6 is 0 Å². The Morgan fingerprint density at radius 3 is 2.75 bits per heavy atom. The predicted octanol–water partition coefficient (Wildman–Crippen LogP) is 1.63. The molecular weight excluding hydrogens is 256 g/mol. The molecule has 104 valence electrons. The summed E-state index contributed by atoms with van der Waals surface area (Å²) in [6, 6.07) is 3.44. The third-order valence-corrected chi connectivity index (χ3v) is 3.50. The summed E-state index contributed by atoms with van der Waals surface area (Å²) in [7, 11) is 0. The Labute approximate surface area is 117 Å². The van der Waals surface area contributed by atoms with Crippen molar-refractivity contribution in [1.29, 1.82) is 0 Å². The van der Waals surface area contributed by atoms with E-state index in [-0.39, 0.29) is 18.5 Å². The van der Waals surface area contributed by atoms with E-state index in [1.165, 1.54) is 0 Å². The lowest BCUT2D eigenvalue weighted by molar-refractivity contribution is -0.119. The van der Waals surface area contributed by atoms with E-state index in [0.717, 1.165) is 11.4 Å². The van der Waals surface area contributed by atoms with E-state index in [1.807, 2.05) is 19.1 Å². The Kier molecular flexibility index (Phi) is 3.15. The Balaban J connectivity index is 2.07. The van der Waals surface area contributed by atoms with E-state index < -0.39 is 0 Å². The number of ether oxygens (including phenoxy) is 2. The quantitative estimate of drug-likeness (QED) is 0.831. The second-order valence-corrected chi connectivity index (χ2v) is 4.75. The molecule has 2 aliphatic rings. The van der Waals surface area contributed by atoms with Crippen molar-refractivity contribution >= 4 is 17.3 Å². The molecule has 2 aliphatic heterocycles. The number of terminal acetylenes is 1. The van der Waals surface area contributed by atoms with E-state index in [2.05, 4.69) is 11.2 Å². The molecule has 3 rings (SSSR count). The molecule has 0 aliphatic carbocycles. The monoisotopic (exact) mass is 272 g/mol. The lowest BCUT2D eigenvalue weighted by Gasteiger charge is -2.35. The lowest BCUT2D eigenvalue weighted by Crippen LogP contribution is -2.47. The van der Waals surface area contributed by atoms with E-state index in [9.17, 15) is 4.79 Å². The van der Waals surface area contributed by atoms with Crippen LogP contribution in [0, 0.1) is 12.3 Å². The van der Waals surface area contributed by atoms with Crippen molar-refractivity contribution in [3.63, 3.8) is 0 Å². The van der Waals surface area contributed by atoms with Gasteiger partial charge in [-0.25, -0.2) is 0 Å². The van der Waals surface area contributed by atoms with Crippen molar-refractivity contribution in [2.45, 2.75) is 19.4 Å². The Morgan fingerprint density at radius 2 is 2.10 bits per heavy atom. The lowest BCUT2D eigenvalue weighted by atomic mass is 10.1. The SMILES string of the molecule is C#CCN1C(=O)C(CC)Nc2cc3c(cc21)OCCO3. The summed E-state index contributed by atoms with van der Waals surface area (Å²) >= 11 is 0. The molecule has 2 heterocycles. The average molecular weight is 272 g/mol. The number of nitrogens with one attached hydrogen (secondary N) is 1. The van der Waals surface area contributed by atoms with Crippen LogP contribution in [0.5, 0.6) is 11.5 Å². The van der Waals surface area contributed by atoms with E-state index in [0.29, 0.717) is 31.1 Å². The molecule has 1 unspecified atom stereocenters. The van der Waals surface area contributed by atoms with Gasteiger partial charge in [0.15, 0.2) is 11.5 Å². The fourth-order valence-corrected chi connectivity index (χ4v) is 2.50. The highest BCUT2D eigenvalue weighted by Gasteiger charge is 2.32. The molecule has 1 aromatic rings. The maximum Gasteiger partial charge on any atom is 0.250 e. The normalized spacial score (nSPS) is 19.9. The molecule has 0 spiro atoms. The topological polar surface area (TPSA) is 50.8 Å². The van der Waals surface area contributed by atoms with Gasteiger partial charge in [-0.05, 0) is 6.42 Å².